The van der Waals surface area contributed by atoms with Crippen LogP contribution in [-0.4, -0.2) is 17.4 Å². The van der Waals surface area contributed by atoms with Gasteiger partial charge in [-0.15, -0.1) is 24.8 Å². The lowest BCUT2D eigenvalue weighted by atomic mass is 9.95. The van der Waals surface area contributed by atoms with Crippen LogP contribution in [0.5, 0.6) is 0 Å². The second-order valence-electron chi connectivity index (χ2n) is 5.79. The summed E-state index contributed by atoms with van der Waals surface area (Å²) in [4.78, 5) is 16.7. The molecule has 4 nitrogen and oxygen atoms in total. The highest BCUT2D eigenvalue weighted by atomic mass is 35.5. The minimum absolute atomic E-state index is 0. The largest absolute Gasteiger partial charge is 0.352 e. The van der Waals surface area contributed by atoms with Crippen molar-refractivity contribution in [3.8, 4) is 0 Å². The van der Waals surface area contributed by atoms with Gasteiger partial charge in [-0.2, -0.15) is 0 Å². The first-order valence-corrected chi connectivity index (χ1v) is 7.59. The molecule has 3 N–H and O–H groups in total. The highest BCUT2D eigenvalue weighted by Crippen LogP contribution is 2.31. The monoisotopic (exact) mass is 355 g/mol. The summed E-state index contributed by atoms with van der Waals surface area (Å²) >= 11 is 0. The number of rotatable bonds is 4. The molecule has 1 amide bonds. The smallest absolute Gasteiger partial charge is 0.223 e. The molecule has 0 saturated heterocycles. The number of para-hydroxylation sites is 1. The van der Waals surface area contributed by atoms with Crippen LogP contribution in [0.3, 0.4) is 0 Å². The van der Waals surface area contributed by atoms with E-state index in [4.69, 9.17) is 5.73 Å². The molecule has 126 valence electrons. The van der Waals surface area contributed by atoms with E-state index in [1.165, 1.54) is 0 Å². The summed E-state index contributed by atoms with van der Waals surface area (Å²) in [5.74, 6) is 0.569. The van der Waals surface area contributed by atoms with E-state index in [2.05, 4.69) is 16.4 Å². The second-order valence-corrected chi connectivity index (χ2v) is 5.79. The minimum atomic E-state index is 0. The number of nitrogens with zero attached hydrogens (tertiary/aromatic N) is 1. The summed E-state index contributed by atoms with van der Waals surface area (Å²) in [7, 11) is 0. The number of hydrogen-bond acceptors (Lipinski definition) is 3. The van der Waals surface area contributed by atoms with Gasteiger partial charge in [-0.05, 0) is 43.0 Å². The number of hydrogen-bond donors (Lipinski definition) is 2. The predicted octanol–water partition coefficient (Wildman–Crippen LogP) is 3.07. The Balaban J connectivity index is 0.00000132. The SMILES string of the molecule is Cl.Cl.NC[C@H]1CCC[C@H]1C(=O)NCc1cnc2ccccc2c1. The van der Waals surface area contributed by atoms with Crippen LogP contribution in [0.4, 0.5) is 0 Å². The van der Waals surface area contributed by atoms with Gasteiger partial charge < -0.3 is 11.1 Å². The Labute approximate surface area is 149 Å². The third-order valence-corrected chi connectivity index (χ3v) is 4.41. The third kappa shape index (κ3) is 4.56. The first-order valence-electron chi connectivity index (χ1n) is 7.59. The molecule has 1 saturated carbocycles. The van der Waals surface area contributed by atoms with Crippen molar-refractivity contribution in [1.82, 2.24) is 10.3 Å². The van der Waals surface area contributed by atoms with Crippen molar-refractivity contribution in [2.75, 3.05) is 6.54 Å². The second kappa shape index (κ2) is 9.06. The van der Waals surface area contributed by atoms with Crippen molar-refractivity contribution in [1.29, 1.82) is 0 Å². The standard InChI is InChI=1S/C17H21N3O.2ClH/c18-9-14-5-3-6-15(14)17(21)20-11-12-8-13-4-1-2-7-16(13)19-10-12;;/h1-2,4,7-8,10,14-15H,3,5-6,9,11,18H2,(H,20,21);2*1H/t14-,15-;;/m1../s1. The summed E-state index contributed by atoms with van der Waals surface area (Å²) in [5, 5.41) is 4.14. The lowest BCUT2D eigenvalue weighted by molar-refractivity contribution is -0.126. The van der Waals surface area contributed by atoms with Crippen LogP contribution in [-0.2, 0) is 11.3 Å². The van der Waals surface area contributed by atoms with E-state index in [9.17, 15) is 4.79 Å². The highest BCUT2D eigenvalue weighted by Gasteiger charge is 2.31. The lowest BCUT2D eigenvalue weighted by Gasteiger charge is -2.17. The van der Waals surface area contributed by atoms with Gasteiger partial charge in [0.1, 0.15) is 0 Å². The first kappa shape index (κ1) is 19.7. The van der Waals surface area contributed by atoms with Crippen LogP contribution < -0.4 is 11.1 Å². The minimum Gasteiger partial charge on any atom is -0.352 e. The van der Waals surface area contributed by atoms with Gasteiger partial charge in [-0.3, -0.25) is 9.78 Å². The highest BCUT2D eigenvalue weighted by molar-refractivity contribution is 5.85. The molecule has 0 spiro atoms. The van der Waals surface area contributed by atoms with Crippen molar-refractivity contribution in [3.63, 3.8) is 0 Å². The zero-order chi connectivity index (χ0) is 14.7. The average Bonchev–Trinajstić information content (AvgIpc) is 3.01. The summed E-state index contributed by atoms with van der Waals surface area (Å²) in [6, 6.07) is 10.1. The van der Waals surface area contributed by atoms with Crippen molar-refractivity contribution in [2.45, 2.75) is 25.8 Å². The van der Waals surface area contributed by atoms with Gasteiger partial charge in [0.2, 0.25) is 5.91 Å². The van der Waals surface area contributed by atoms with Crippen molar-refractivity contribution in [3.05, 3.63) is 42.1 Å². The van der Waals surface area contributed by atoms with Crippen LogP contribution in [0, 0.1) is 11.8 Å². The van der Waals surface area contributed by atoms with Gasteiger partial charge in [-0.1, -0.05) is 24.6 Å². The molecule has 0 aliphatic heterocycles. The van der Waals surface area contributed by atoms with Gasteiger partial charge in [0, 0.05) is 24.0 Å². The maximum absolute atomic E-state index is 12.3. The Bertz CT molecular complexity index is 651. The summed E-state index contributed by atoms with van der Waals surface area (Å²) in [6.45, 7) is 1.14. The van der Waals surface area contributed by atoms with Crippen molar-refractivity contribution < 1.29 is 4.79 Å². The molecule has 1 aromatic heterocycles. The van der Waals surface area contributed by atoms with Gasteiger partial charge in [0.05, 0.1) is 5.52 Å². The van der Waals surface area contributed by atoms with E-state index < -0.39 is 0 Å². The number of carbonyl (C=O) groups is 1. The molecule has 1 fully saturated rings. The molecule has 6 heteroatoms. The molecular weight excluding hydrogens is 333 g/mol. The van der Waals surface area contributed by atoms with Gasteiger partial charge >= 0.3 is 0 Å². The summed E-state index contributed by atoms with van der Waals surface area (Å²) in [5.41, 5.74) is 7.75. The van der Waals surface area contributed by atoms with Gasteiger partial charge in [0.15, 0.2) is 0 Å². The molecule has 0 radical (unpaired) electrons. The van der Waals surface area contributed by atoms with Crippen LogP contribution in [0.2, 0.25) is 0 Å². The average molecular weight is 356 g/mol. The summed E-state index contributed by atoms with van der Waals surface area (Å²) in [6.07, 6.45) is 4.98. The van der Waals surface area contributed by atoms with Crippen molar-refractivity contribution in [2.24, 2.45) is 17.6 Å². The Morgan fingerprint density at radius 2 is 2.04 bits per heavy atom. The van der Waals surface area contributed by atoms with E-state index in [0.717, 1.165) is 35.7 Å². The maximum Gasteiger partial charge on any atom is 0.223 e. The zero-order valence-electron chi connectivity index (χ0n) is 12.9. The number of nitrogens with one attached hydrogen (secondary N) is 1. The normalized spacial score (nSPS) is 19.7. The number of amides is 1. The molecule has 0 unspecified atom stereocenters. The molecule has 2 atom stereocenters. The van der Waals surface area contributed by atoms with E-state index in [0.29, 0.717) is 19.0 Å². The summed E-state index contributed by atoms with van der Waals surface area (Å²) < 4.78 is 0. The Kier molecular flexibility index (Phi) is 7.76. The number of nitrogens with two attached hydrogens (primary N) is 1. The quantitative estimate of drug-likeness (QED) is 0.885. The van der Waals surface area contributed by atoms with Crippen LogP contribution in [0.25, 0.3) is 10.9 Å². The lowest BCUT2D eigenvalue weighted by Crippen LogP contribution is -2.34. The molecular formula is C17H23Cl2N3O. The van der Waals surface area contributed by atoms with E-state index in [1.54, 1.807) is 0 Å². The number of benzene rings is 1. The van der Waals surface area contributed by atoms with E-state index >= 15 is 0 Å². The maximum atomic E-state index is 12.3. The number of halogens is 2. The molecule has 1 aromatic carbocycles. The Morgan fingerprint density at radius 1 is 1.26 bits per heavy atom. The molecule has 1 aliphatic carbocycles. The first-order chi connectivity index (χ1) is 10.3. The molecule has 3 rings (SSSR count). The van der Waals surface area contributed by atoms with E-state index in [-0.39, 0.29) is 36.6 Å². The van der Waals surface area contributed by atoms with Gasteiger partial charge in [0.25, 0.3) is 0 Å². The predicted molar refractivity (Wildman–Crippen MR) is 98.0 cm³/mol. The third-order valence-electron chi connectivity index (χ3n) is 4.41. The number of fused-ring (bicyclic) bond motifs is 1. The fraction of sp³-hybridized carbons (Fsp3) is 0.412. The van der Waals surface area contributed by atoms with Crippen LogP contribution in [0.1, 0.15) is 24.8 Å². The van der Waals surface area contributed by atoms with E-state index in [1.807, 2.05) is 30.5 Å². The van der Waals surface area contributed by atoms with Crippen molar-refractivity contribution >= 4 is 41.6 Å². The molecule has 2 aromatic rings. The number of carbonyl (C=O) groups excluding carboxylic acids is 1. The number of aromatic nitrogens is 1. The Hall–Kier alpha value is -1.36. The molecule has 23 heavy (non-hydrogen) atoms. The zero-order valence-corrected chi connectivity index (χ0v) is 14.5. The van der Waals surface area contributed by atoms with Crippen LogP contribution >= 0.6 is 24.8 Å². The fourth-order valence-electron chi connectivity index (χ4n) is 3.20. The number of pyridine rings is 1. The Morgan fingerprint density at radius 3 is 2.83 bits per heavy atom. The molecule has 1 heterocycles. The fourth-order valence-corrected chi connectivity index (χ4v) is 3.20. The van der Waals surface area contributed by atoms with Crippen LogP contribution in [0.15, 0.2) is 36.5 Å². The molecule has 0 bridgehead atoms. The van der Waals surface area contributed by atoms with Gasteiger partial charge in [-0.25, -0.2) is 0 Å². The molecule has 1 aliphatic rings. The topological polar surface area (TPSA) is 68.0 Å².